The van der Waals surface area contributed by atoms with Crippen LogP contribution in [0.3, 0.4) is 0 Å². The summed E-state index contributed by atoms with van der Waals surface area (Å²) < 4.78 is 0. The fourth-order valence-corrected chi connectivity index (χ4v) is 4.87. The van der Waals surface area contributed by atoms with Gasteiger partial charge in [-0.3, -0.25) is 0 Å². The Labute approximate surface area is 97.2 Å². The Kier molecular flexibility index (Phi) is 2.73. The normalized spacial score (nSPS) is 45.6. The van der Waals surface area contributed by atoms with Crippen molar-refractivity contribution >= 4 is 0 Å². The number of nitrogens with one attached hydrogen (secondary N) is 1. The van der Waals surface area contributed by atoms with Gasteiger partial charge in [-0.15, -0.1) is 0 Å². The summed E-state index contributed by atoms with van der Waals surface area (Å²) in [6.45, 7) is 0.108. The van der Waals surface area contributed by atoms with Crippen LogP contribution in [-0.4, -0.2) is 35.0 Å². The molecule has 3 heteroatoms. The summed E-state index contributed by atoms with van der Waals surface area (Å²) in [7, 11) is 0. The third-order valence-electron chi connectivity index (χ3n) is 4.99. The second kappa shape index (κ2) is 3.97. The van der Waals surface area contributed by atoms with E-state index in [-0.39, 0.29) is 24.8 Å². The topological polar surface area (TPSA) is 52.5 Å². The van der Waals surface area contributed by atoms with E-state index in [4.69, 9.17) is 0 Å². The van der Waals surface area contributed by atoms with Crippen molar-refractivity contribution in [1.29, 1.82) is 0 Å². The van der Waals surface area contributed by atoms with Crippen LogP contribution < -0.4 is 5.32 Å². The van der Waals surface area contributed by atoms with Crippen LogP contribution >= 0.6 is 0 Å². The zero-order valence-electron chi connectivity index (χ0n) is 9.86. The lowest BCUT2D eigenvalue weighted by molar-refractivity contribution is -0.0325. The van der Waals surface area contributed by atoms with Gasteiger partial charge >= 0.3 is 0 Å². The molecule has 0 aromatic heterocycles. The Bertz CT molecular complexity index is 227. The van der Waals surface area contributed by atoms with E-state index < -0.39 is 0 Å². The SMILES string of the molecule is OCC(CO)NC12CC3CC(CC(C3)C1)C2. The molecule has 0 heterocycles. The summed E-state index contributed by atoms with van der Waals surface area (Å²) in [5.74, 6) is 2.74. The lowest BCUT2D eigenvalue weighted by Gasteiger charge is -2.57. The van der Waals surface area contributed by atoms with Crippen molar-refractivity contribution in [2.45, 2.75) is 50.1 Å². The smallest absolute Gasteiger partial charge is 0.0607 e. The minimum atomic E-state index is -0.115. The van der Waals surface area contributed by atoms with E-state index in [1.54, 1.807) is 0 Å². The Hall–Kier alpha value is -0.120. The summed E-state index contributed by atoms with van der Waals surface area (Å²) in [5.41, 5.74) is 0.255. The van der Waals surface area contributed by atoms with Gasteiger partial charge < -0.3 is 15.5 Å². The first-order valence-corrected chi connectivity index (χ1v) is 6.72. The second-order valence-electron chi connectivity index (χ2n) is 6.40. The molecule has 0 spiro atoms. The van der Waals surface area contributed by atoms with Crippen LogP contribution in [0.1, 0.15) is 38.5 Å². The molecular weight excluding hydrogens is 202 g/mol. The molecule has 0 unspecified atom stereocenters. The van der Waals surface area contributed by atoms with Crippen LogP contribution in [0, 0.1) is 17.8 Å². The van der Waals surface area contributed by atoms with Crippen LogP contribution in [0.4, 0.5) is 0 Å². The van der Waals surface area contributed by atoms with E-state index in [2.05, 4.69) is 5.32 Å². The molecule has 3 N–H and O–H groups in total. The zero-order valence-corrected chi connectivity index (χ0v) is 9.86. The van der Waals surface area contributed by atoms with Gasteiger partial charge in [0.05, 0.1) is 19.3 Å². The number of hydrogen-bond donors (Lipinski definition) is 3. The van der Waals surface area contributed by atoms with Gasteiger partial charge in [0.1, 0.15) is 0 Å². The van der Waals surface area contributed by atoms with E-state index in [0.29, 0.717) is 0 Å². The lowest BCUT2D eigenvalue weighted by atomic mass is 9.53. The van der Waals surface area contributed by atoms with Crippen molar-refractivity contribution in [3.05, 3.63) is 0 Å². The first-order valence-electron chi connectivity index (χ1n) is 6.72. The molecule has 16 heavy (non-hydrogen) atoms. The largest absolute Gasteiger partial charge is 0.395 e. The highest BCUT2D eigenvalue weighted by Crippen LogP contribution is 2.55. The Balaban J connectivity index is 1.73. The van der Waals surface area contributed by atoms with Gasteiger partial charge in [0, 0.05) is 5.54 Å². The maximum absolute atomic E-state index is 9.21. The van der Waals surface area contributed by atoms with Crippen molar-refractivity contribution in [2.24, 2.45) is 17.8 Å². The van der Waals surface area contributed by atoms with Crippen LogP contribution in [0.25, 0.3) is 0 Å². The summed E-state index contributed by atoms with van der Waals surface area (Å²) in [4.78, 5) is 0. The molecule has 0 saturated heterocycles. The summed E-state index contributed by atoms with van der Waals surface area (Å²) in [6, 6.07) is -0.115. The minimum Gasteiger partial charge on any atom is -0.395 e. The maximum Gasteiger partial charge on any atom is 0.0607 e. The third-order valence-corrected chi connectivity index (χ3v) is 4.99. The van der Waals surface area contributed by atoms with E-state index in [1.807, 2.05) is 0 Å². The van der Waals surface area contributed by atoms with Crippen molar-refractivity contribution in [1.82, 2.24) is 5.32 Å². The number of hydrogen-bond acceptors (Lipinski definition) is 3. The molecule has 92 valence electrons. The highest BCUT2D eigenvalue weighted by Gasteiger charge is 2.51. The van der Waals surface area contributed by atoms with Crippen molar-refractivity contribution in [3.63, 3.8) is 0 Å². The van der Waals surface area contributed by atoms with Crippen LogP contribution in [-0.2, 0) is 0 Å². The molecule has 4 fully saturated rings. The van der Waals surface area contributed by atoms with Gasteiger partial charge in [0.2, 0.25) is 0 Å². The van der Waals surface area contributed by atoms with Gasteiger partial charge in [0.15, 0.2) is 0 Å². The van der Waals surface area contributed by atoms with Gasteiger partial charge in [-0.2, -0.15) is 0 Å². The van der Waals surface area contributed by atoms with Gasteiger partial charge in [-0.1, -0.05) is 0 Å². The molecule has 0 radical (unpaired) electrons. The first kappa shape index (κ1) is 11.0. The first-order chi connectivity index (χ1) is 7.73. The number of rotatable bonds is 4. The molecule has 0 amide bonds. The fourth-order valence-electron chi connectivity index (χ4n) is 4.87. The summed E-state index contributed by atoms with van der Waals surface area (Å²) in [6.07, 6.45) is 8.12. The van der Waals surface area contributed by atoms with Crippen molar-refractivity contribution < 1.29 is 10.2 Å². The molecule has 4 aliphatic rings. The molecular formula is C13H23NO2. The average molecular weight is 225 g/mol. The molecule has 0 aliphatic heterocycles. The Morgan fingerprint density at radius 2 is 1.38 bits per heavy atom. The molecule has 3 nitrogen and oxygen atoms in total. The summed E-state index contributed by atoms with van der Waals surface area (Å²) in [5, 5.41) is 22.0. The number of aliphatic hydroxyl groups excluding tert-OH is 2. The second-order valence-corrected chi connectivity index (χ2v) is 6.40. The van der Waals surface area contributed by atoms with Gasteiger partial charge in [-0.25, -0.2) is 0 Å². The number of aliphatic hydroxyl groups is 2. The van der Waals surface area contributed by atoms with Crippen LogP contribution in [0.5, 0.6) is 0 Å². The highest BCUT2D eigenvalue weighted by atomic mass is 16.3. The van der Waals surface area contributed by atoms with Crippen LogP contribution in [0.2, 0.25) is 0 Å². The van der Waals surface area contributed by atoms with Gasteiger partial charge in [0.25, 0.3) is 0 Å². The molecule has 4 saturated carbocycles. The fraction of sp³-hybridized carbons (Fsp3) is 1.00. The molecule has 4 bridgehead atoms. The quantitative estimate of drug-likeness (QED) is 0.666. The predicted molar refractivity (Wildman–Crippen MR) is 62.0 cm³/mol. The lowest BCUT2D eigenvalue weighted by Crippen LogP contribution is -2.62. The molecule has 0 aromatic carbocycles. The highest BCUT2D eigenvalue weighted by molar-refractivity contribution is 5.07. The van der Waals surface area contributed by atoms with Gasteiger partial charge in [-0.05, 0) is 56.3 Å². The maximum atomic E-state index is 9.21. The predicted octanol–water partition coefficient (Wildman–Crippen LogP) is 0.898. The van der Waals surface area contributed by atoms with Crippen molar-refractivity contribution in [3.8, 4) is 0 Å². The molecule has 0 atom stereocenters. The third kappa shape index (κ3) is 1.79. The Morgan fingerprint density at radius 1 is 0.938 bits per heavy atom. The summed E-state index contributed by atoms with van der Waals surface area (Å²) >= 11 is 0. The monoisotopic (exact) mass is 225 g/mol. The average Bonchev–Trinajstić information content (AvgIpc) is 2.24. The minimum absolute atomic E-state index is 0.0538. The van der Waals surface area contributed by atoms with E-state index in [0.717, 1.165) is 17.8 Å². The van der Waals surface area contributed by atoms with E-state index in [1.165, 1.54) is 38.5 Å². The standard InChI is InChI=1S/C13H23NO2/c15-7-12(8-16)14-13-4-9-1-10(5-13)3-11(2-9)6-13/h9-12,14-16H,1-8H2. The molecule has 4 rings (SSSR count). The van der Waals surface area contributed by atoms with E-state index >= 15 is 0 Å². The van der Waals surface area contributed by atoms with Crippen molar-refractivity contribution in [2.75, 3.05) is 13.2 Å². The zero-order chi connectivity index (χ0) is 11.2. The molecule has 4 aliphatic carbocycles. The van der Waals surface area contributed by atoms with Crippen LogP contribution in [0.15, 0.2) is 0 Å². The molecule has 0 aromatic rings. The van der Waals surface area contributed by atoms with E-state index in [9.17, 15) is 10.2 Å². The Morgan fingerprint density at radius 3 is 1.75 bits per heavy atom.